The van der Waals surface area contributed by atoms with E-state index in [1.54, 1.807) is 0 Å². The maximum atomic E-state index is 11.5. The fraction of sp³-hybridized carbons (Fsp3) is 0.562. The highest BCUT2D eigenvalue weighted by Crippen LogP contribution is 2.45. The Balaban J connectivity index is 0.00000147. The van der Waals surface area contributed by atoms with Crippen molar-refractivity contribution in [1.82, 2.24) is 4.90 Å². The average Bonchev–Trinajstić information content (AvgIpc) is 2.37. The summed E-state index contributed by atoms with van der Waals surface area (Å²) in [5, 5.41) is 0. The van der Waals surface area contributed by atoms with Crippen molar-refractivity contribution in [3.8, 4) is 0 Å². The van der Waals surface area contributed by atoms with E-state index in [4.69, 9.17) is 4.74 Å². The van der Waals surface area contributed by atoms with E-state index in [1.807, 2.05) is 0 Å². The first kappa shape index (κ1) is 15.5. The van der Waals surface area contributed by atoms with Gasteiger partial charge in [0.25, 0.3) is 0 Å². The van der Waals surface area contributed by atoms with Gasteiger partial charge in [-0.3, -0.25) is 9.69 Å². The maximum absolute atomic E-state index is 11.5. The number of likely N-dealkylation sites (N-methyl/N-ethyl adjacent to an activating group) is 1. The topological polar surface area (TPSA) is 29.5 Å². The van der Waals surface area contributed by atoms with Gasteiger partial charge < -0.3 is 4.74 Å². The van der Waals surface area contributed by atoms with E-state index in [9.17, 15) is 4.79 Å². The summed E-state index contributed by atoms with van der Waals surface area (Å²) in [5.41, 5.74) is 2.73. The van der Waals surface area contributed by atoms with E-state index >= 15 is 0 Å². The zero-order valence-corrected chi connectivity index (χ0v) is 14.0. The molecule has 20 heavy (non-hydrogen) atoms. The third kappa shape index (κ3) is 2.29. The predicted octanol–water partition coefficient (Wildman–Crippen LogP) is 2.71. The van der Waals surface area contributed by atoms with E-state index in [2.05, 4.69) is 43.1 Å². The Hall–Kier alpha value is -0.870. The molecule has 1 heterocycles. The molecule has 0 aromatic heterocycles. The summed E-state index contributed by atoms with van der Waals surface area (Å²) < 4.78 is 5.71. The van der Waals surface area contributed by atoms with Gasteiger partial charge in [-0.1, -0.05) is 31.2 Å². The van der Waals surface area contributed by atoms with Crippen molar-refractivity contribution in [2.75, 3.05) is 13.6 Å². The number of carbonyl (C=O) groups excluding carboxylic acids is 1. The predicted molar refractivity (Wildman–Crippen MR) is 84.4 cm³/mol. The third-order valence-corrected chi connectivity index (χ3v) is 4.88. The molecule has 3 atom stereocenters. The number of hydrogen-bond acceptors (Lipinski definition) is 3. The number of hydrogen-bond donors (Lipinski definition) is 0. The molecule has 1 aliphatic carbocycles. The smallest absolute Gasteiger partial charge is 0.302 e. The van der Waals surface area contributed by atoms with Gasteiger partial charge >= 0.3 is 5.97 Å². The molecule has 2 bridgehead atoms. The summed E-state index contributed by atoms with van der Waals surface area (Å²) in [4.78, 5) is 13.8. The summed E-state index contributed by atoms with van der Waals surface area (Å²) in [6.07, 6.45) is 1.98. The lowest BCUT2D eigenvalue weighted by molar-refractivity contribution is -0.159. The minimum absolute atomic E-state index is 0. The standard InChI is InChI=1S/C16H21NO2.BrH/c1-11(18)19-15-14-10-12-6-4-5-7-13(12)16(15,2)8-9-17(14)3;/h4-7,14-15H,8-10H2,1-3H3;1H/t14-,15+,16-;/m0./s1. The second kappa shape index (κ2) is 5.49. The summed E-state index contributed by atoms with van der Waals surface area (Å²) in [6, 6.07) is 8.91. The number of esters is 1. The molecule has 1 aliphatic heterocycles. The van der Waals surface area contributed by atoms with Crippen molar-refractivity contribution in [3.63, 3.8) is 0 Å². The van der Waals surface area contributed by atoms with Crippen LogP contribution in [0.25, 0.3) is 0 Å². The highest BCUT2D eigenvalue weighted by atomic mass is 79.9. The zero-order valence-electron chi connectivity index (χ0n) is 12.3. The number of likely N-dealkylation sites (tertiary alicyclic amines) is 1. The third-order valence-electron chi connectivity index (χ3n) is 4.88. The summed E-state index contributed by atoms with van der Waals surface area (Å²) in [7, 11) is 2.13. The molecule has 0 spiro atoms. The molecule has 0 amide bonds. The fourth-order valence-electron chi connectivity index (χ4n) is 3.79. The van der Waals surface area contributed by atoms with Crippen molar-refractivity contribution in [3.05, 3.63) is 35.4 Å². The van der Waals surface area contributed by atoms with Crippen LogP contribution in [0.3, 0.4) is 0 Å². The van der Waals surface area contributed by atoms with Crippen molar-refractivity contribution in [1.29, 1.82) is 0 Å². The molecule has 0 radical (unpaired) electrons. The van der Waals surface area contributed by atoms with Crippen LogP contribution in [0.2, 0.25) is 0 Å². The Morgan fingerprint density at radius 3 is 2.80 bits per heavy atom. The number of carbonyl (C=O) groups is 1. The SMILES string of the molecule is Br.CC(=O)O[C@@H]1[C@@H]2Cc3ccccc3[C@]1(C)CCN2C. The number of halogens is 1. The molecule has 3 nitrogen and oxygen atoms in total. The van der Waals surface area contributed by atoms with Gasteiger partial charge in [0.05, 0.1) is 6.04 Å². The van der Waals surface area contributed by atoms with Gasteiger partial charge in [0, 0.05) is 12.3 Å². The highest BCUT2D eigenvalue weighted by Gasteiger charge is 2.51. The lowest BCUT2D eigenvalue weighted by Gasteiger charge is -2.53. The lowest BCUT2D eigenvalue weighted by atomic mass is 9.63. The van der Waals surface area contributed by atoms with Crippen LogP contribution >= 0.6 is 17.0 Å². The maximum Gasteiger partial charge on any atom is 0.302 e. The second-order valence-corrected chi connectivity index (χ2v) is 6.11. The van der Waals surface area contributed by atoms with Crippen molar-refractivity contribution in [2.24, 2.45) is 0 Å². The molecule has 1 saturated heterocycles. The Bertz CT molecular complexity index is 519. The molecule has 1 aromatic rings. The molecule has 0 saturated carbocycles. The first-order valence-electron chi connectivity index (χ1n) is 6.98. The van der Waals surface area contributed by atoms with Crippen LogP contribution in [0, 0.1) is 0 Å². The van der Waals surface area contributed by atoms with Crippen LogP contribution in [0.15, 0.2) is 24.3 Å². The van der Waals surface area contributed by atoms with Crippen LogP contribution in [0.1, 0.15) is 31.4 Å². The quantitative estimate of drug-likeness (QED) is 0.737. The van der Waals surface area contributed by atoms with Crippen LogP contribution in [0.5, 0.6) is 0 Å². The number of rotatable bonds is 1. The first-order valence-corrected chi connectivity index (χ1v) is 6.98. The van der Waals surface area contributed by atoms with Crippen molar-refractivity contribution in [2.45, 2.75) is 44.2 Å². The first-order chi connectivity index (χ1) is 9.02. The molecule has 1 aromatic carbocycles. The van der Waals surface area contributed by atoms with Crippen LogP contribution in [0.4, 0.5) is 0 Å². The second-order valence-electron chi connectivity index (χ2n) is 6.11. The normalized spacial score (nSPS) is 31.9. The Morgan fingerprint density at radius 1 is 1.40 bits per heavy atom. The molecule has 3 rings (SSSR count). The summed E-state index contributed by atoms with van der Waals surface area (Å²) in [6.45, 7) is 4.82. The van der Waals surface area contributed by atoms with Gasteiger partial charge in [-0.15, -0.1) is 17.0 Å². The van der Waals surface area contributed by atoms with Crippen LogP contribution in [-0.2, 0) is 21.4 Å². The number of benzene rings is 1. The Kier molecular flexibility index (Phi) is 4.26. The van der Waals surface area contributed by atoms with E-state index in [1.165, 1.54) is 18.1 Å². The number of piperidine rings is 1. The van der Waals surface area contributed by atoms with Crippen molar-refractivity contribution < 1.29 is 9.53 Å². The van der Waals surface area contributed by atoms with Crippen molar-refractivity contribution >= 4 is 23.0 Å². The zero-order chi connectivity index (χ0) is 13.6. The molecule has 4 heteroatoms. The minimum atomic E-state index is -0.170. The monoisotopic (exact) mass is 339 g/mol. The molecular formula is C16H22BrNO2. The number of ether oxygens (including phenoxy) is 1. The molecule has 110 valence electrons. The molecule has 0 N–H and O–H groups in total. The molecule has 0 unspecified atom stereocenters. The minimum Gasteiger partial charge on any atom is -0.460 e. The fourth-order valence-corrected chi connectivity index (χ4v) is 3.79. The van der Waals surface area contributed by atoms with Gasteiger partial charge in [-0.05, 0) is 37.6 Å². The van der Waals surface area contributed by atoms with Gasteiger partial charge in [0.1, 0.15) is 6.10 Å². The van der Waals surface area contributed by atoms with E-state index in [0.29, 0.717) is 6.04 Å². The molecule has 1 fully saturated rings. The highest BCUT2D eigenvalue weighted by molar-refractivity contribution is 8.93. The van der Waals surface area contributed by atoms with E-state index in [0.717, 1.165) is 19.4 Å². The lowest BCUT2D eigenvalue weighted by Crippen LogP contribution is -2.62. The van der Waals surface area contributed by atoms with Gasteiger partial charge in [-0.25, -0.2) is 0 Å². The summed E-state index contributed by atoms with van der Waals surface area (Å²) >= 11 is 0. The van der Waals surface area contributed by atoms with E-state index in [-0.39, 0.29) is 34.5 Å². The van der Waals surface area contributed by atoms with Crippen LogP contribution in [-0.4, -0.2) is 36.6 Å². The molecule has 2 aliphatic rings. The Morgan fingerprint density at radius 2 is 2.10 bits per heavy atom. The van der Waals surface area contributed by atoms with Crippen LogP contribution < -0.4 is 0 Å². The Labute approximate surface area is 131 Å². The van der Waals surface area contributed by atoms with Gasteiger partial charge in [-0.2, -0.15) is 0 Å². The van der Waals surface area contributed by atoms with Gasteiger partial charge in [0.2, 0.25) is 0 Å². The average molecular weight is 340 g/mol. The number of nitrogens with zero attached hydrogens (tertiary/aromatic N) is 1. The largest absolute Gasteiger partial charge is 0.460 e. The summed E-state index contributed by atoms with van der Waals surface area (Å²) in [5.74, 6) is -0.170. The van der Waals surface area contributed by atoms with Gasteiger partial charge in [0.15, 0.2) is 0 Å². The molecular weight excluding hydrogens is 318 g/mol. The number of fused-ring (bicyclic) bond motifs is 4. The van der Waals surface area contributed by atoms with E-state index < -0.39 is 0 Å².